The number of aryl methyl sites for hydroxylation is 1. The van der Waals surface area contributed by atoms with Crippen molar-refractivity contribution < 1.29 is 10.1 Å². The van der Waals surface area contributed by atoms with Gasteiger partial charge in [0.1, 0.15) is 12.2 Å². The van der Waals surface area contributed by atoms with Crippen molar-refractivity contribution in [2.75, 3.05) is 18.2 Å². The Hall–Kier alpha value is -1.62. The Labute approximate surface area is 94.4 Å². The number of hydrogen-bond donors (Lipinski definition) is 1. The van der Waals surface area contributed by atoms with E-state index in [0.717, 1.165) is 23.4 Å². The molecule has 0 unspecified atom stereocenters. The Balaban J connectivity index is 2.90. The zero-order valence-electron chi connectivity index (χ0n) is 9.30. The van der Waals surface area contributed by atoms with Crippen molar-refractivity contribution >= 4 is 5.69 Å². The van der Waals surface area contributed by atoms with Crippen LogP contribution in [0.4, 0.5) is 5.69 Å². The van der Waals surface area contributed by atoms with Crippen LogP contribution in [0.1, 0.15) is 18.9 Å². The number of benzene rings is 1. The first-order valence-corrected chi connectivity index (χ1v) is 5.30. The van der Waals surface area contributed by atoms with E-state index in [2.05, 4.69) is 6.92 Å². The van der Waals surface area contributed by atoms with Gasteiger partial charge in [-0.2, -0.15) is 0 Å². The van der Waals surface area contributed by atoms with Gasteiger partial charge in [-0.3, -0.25) is 0 Å². The fourth-order valence-electron chi connectivity index (χ4n) is 1.56. The molecule has 0 saturated heterocycles. The van der Waals surface area contributed by atoms with Crippen LogP contribution in [-0.2, 0) is 6.42 Å². The van der Waals surface area contributed by atoms with Crippen molar-refractivity contribution in [2.45, 2.75) is 19.8 Å². The van der Waals surface area contributed by atoms with Crippen molar-refractivity contribution in [3.05, 3.63) is 39.9 Å². The first-order valence-electron chi connectivity index (χ1n) is 5.30. The molecule has 16 heavy (non-hydrogen) atoms. The summed E-state index contributed by atoms with van der Waals surface area (Å²) in [7, 11) is 0. The predicted molar refractivity (Wildman–Crippen MR) is 61.9 cm³/mol. The first kappa shape index (κ1) is 12.4. The number of hydrogen-bond acceptors (Lipinski definition) is 3. The van der Waals surface area contributed by atoms with Crippen molar-refractivity contribution in [1.82, 2.24) is 0 Å². The molecule has 5 heteroatoms. The molecule has 0 fully saturated rings. The van der Waals surface area contributed by atoms with Gasteiger partial charge in [-0.05, 0) is 24.1 Å². The molecular formula is C11H16N2O3. The van der Waals surface area contributed by atoms with Crippen molar-refractivity contribution in [2.24, 2.45) is 0 Å². The normalized spacial score (nSPS) is 10.1. The monoisotopic (exact) mass is 224 g/mol. The number of hydrazine groups is 1. The quantitative estimate of drug-likeness (QED) is 0.589. The summed E-state index contributed by atoms with van der Waals surface area (Å²) in [5, 5.41) is 20.0. The van der Waals surface area contributed by atoms with Gasteiger partial charge in [-0.15, -0.1) is 0 Å². The van der Waals surface area contributed by atoms with Crippen molar-refractivity contribution in [1.29, 1.82) is 0 Å². The van der Waals surface area contributed by atoms with E-state index in [1.807, 2.05) is 6.07 Å². The number of aliphatic hydroxyl groups is 1. The molecule has 0 aliphatic rings. The maximum Gasteiger partial charge on any atom is 0.165 e. The predicted octanol–water partition coefficient (Wildman–Crippen LogP) is 1.63. The third-order valence-electron chi connectivity index (χ3n) is 2.26. The summed E-state index contributed by atoms with van der Waals surface area (Å²) in [6, 6.07) is 7.22. The van der Waals surface area contributed by atoms with Crippen LogP contribution in [0.5, 0.6) is 0 Å². The maximum absolute atomic E-state index is 10.8. The zero-order chi connectivity index (χ0) is 12.0. The fourth-order valence-corrected chi connectivity index (χ4v) is 1.56. The fraction of sp³-hybridized carbons (Fsp3) is 0.455. The minimum absolute atomic E-state index is 0.00256. The summed E-state index contributed by atoms with van der Waals surface area (Å²) in [5.41, 5.74) is 1.59. The highest BCUT2D eigenvalue weighted by atomic mass is 16.7. The summed E-state index contributed by atoms with van der Waals surface area (Å²) >= 11 is 0. The van der Waals surface area contributed by atoms with Gasteiger partial charge >= 0.3 is 0 Å². The number of rotatable bonds is 6. The molecule has 1 N–H and O–H groups in total. The molecule has 88 valence electrons. The molecule has 0 amide bonds. The number of anilines is 1. The average Bonchev–Trinajstić information content (AvgIpc) is 2.26. The third-order valence-corrected chi connectivity index (χ3v) is 2.26. The molecule has 0 atom stereocenters. The minimum atomic E-state index is -0.499. The van der Waals surface area contributed by atoms with Gasteiger partial charge in [-0.1, -0.05) is 30.5 Å². The highest BCUT2D eigenvalue weighted by Gasteiger charge is 2.16. The van der Waals surface area contributed by atoms with Gasteiger partial charge in [0.2, 0.25) is 0 Å². The zero-order valence-corrected chi connectivity index (χ0v) is 9.30. The minimum Gasteiger partial charge on any atom is -0.394 e. The standard InChI is InChI=1S/C11H16N2O3/c1-2-4-10-5-3-6-11(9-10)12(7-8-14)13(15)16/h3,5-6,9,14H,2,4,7-8H2,1H3. The molecule has 1 aromatic carbocycles. The third kappa shape index (κ3) is 3.20. The Kier molecular flexibility index (Phi) is 4.72. The summed E-state index contributed by atoms with van der Waals surface area (Å²) in [4.78, 5) is 10.8. The first-order chi connectivity index (χ1) is 7.69. The molecule has 1 aromatic rings. The molecule has 0 aromatic heterocycles. The van der Waals surface area contributed by atoms with Crippen LogP contribution in [-0.4, -0.2) is 23.3 Å². The molecule has 0 saturated carbocycles. The Bertz CT molecular complexity index is 355. The van der Waals surface area contributed by atoms with Crippen molar-refractivity contribution in [3.8, 4) is 0 Å². The molecule has 0 spiro atoms. The second-order valence-electron chi connectivity index (χ2n) is 3.50. The van der Waals surface area contributed by atoms with E-state index in [-0.39, 0.29) is 13.2 Å². The average molecular weight is 224 g/mol. The number of nitrogens with zero attached hydrogens (tertiary/aromatic N) is 2. The SMILES string of the molecule is CCCc1cccc(N(CCO)[N+](=O)[O-])c1. The molecule has 0 heterocycles. The largest absolute Gasteiger partial charge is 0.394 e. The lowest BCUT2D eigenvalue weighted by atomic mass is 10.1. The molecule has 5 nitrogen and oxygen atoms in total. The summed E-state index contributed by atoms with van der Waals surface area (Å²) in [6.07, 6.45) is 1.90. The van der Waals surface area contributed by atoms with Crippen LogP contribution in [0, 0.1) is 10.1 Å². The van der Waals surface area contributed by atoms with E-state index >= 15 is 0 Å². The van der Waals surface area contributed by atoms with Gasteiger partial charge in [0, 0.05) is 0 Å². The van der Waals surface area contributed by atoms with Crippen molar-refractivity contribution in [3.63, 3.8) is 0 Å². The van der Waals surface area contributed by atoms with E-state index in [1.54, 1.807) is 18.2 Å². The highest BCUT2D eigenvalue weighted by Crippen LogP contribution is 2.17. The van der Waals surface area contributed by atoms with E-state index in [0.29, 0.717) is 5.69 Å². The van der Waals surface area contributed by atoms with Crippen LogP contribution in [0.15, 0.2) is 24.3 Å². The second-order valence-corrected chi connectivity index (χ2v) is 3.50. The molecule has 1 rings (SSSR count). The van der Waals surface area contributed by atoms with Crippen LogP contribution in [0.25, 0.3) is 0 Å². The lowest BCUT2D eigenvalue weighted by Gasteiger charge is -2.13. The topological polar surface area (TPSA) is 66.6 Å². The smallest absolute Gasteiger partial charge is 0.165 e. The van der Waals surface area contributed by atoms with Crippen LogP contribution in [0.3, 0.4) is 0 Å². The van der Waals surface area contributed by atoms with Crippen LogP contribution in [0.2, 0.25) is 0 Å². The molecule has 0 bridgehead atoms. The summed E-state index contributed by atoms with van der Waals surface area (Å²) in [6.45, 7) is 1.83. The van der Waals surface area contributed by atoms with E-state index in [9.17, 15) is 10.1 Å². The van der Waals surface area contributed by atoms with E-state index in [4.69, 9.17) is 5.11 Å². The molecule has 0 radical (unpaired) electrons. The second kappa shape index (κ2) is 6.07. The number of nitro groups is 1. The lowest BCUT2D eigenvalue weighted by Crippen LogP contribution is -2.32. The Morgan fingerprint density at radius 2 is 2.25 bits per heavy atom. The summed E-state index contributed by atoms with van der Waals surface area (Å²) < 4.78 is 0. The molecule has 0 aliphatic carbocycles. The Morgan fingerprint density at radius 3 is 2.81 bits per heavy atom. The highest BCUT2D eigenvalue weighted by molar-refractivity contribution is 5.46. The van der Waals surface area contributed by atoms with Gasteiger partial charge in [0.05, 0.1) is 6.61 Å². The lowest BCUT2D eigenvalue weighted by molar-refractivity contribution is -0.495. The van der Waals surface area contributed by atoms with Gasteiger partial charge in [0.25, 0.3) is 0 Å². The number of aliphatic hydroxyl groups excluding tert-OH is 1. The van der Waals surface area contributed by atoms with Crippen LogP contribution >= 0.6 is 0 Å². The van der Waals surface area contributed by atoms with Gasteiger partial charge < -0.3 is 5.11 Å². The molecule has 0 aliphatic heterocycles. The van der Waals surface area contributed by atoms with E-state index in [1.165, 1.54) is 0 Å². The Morgan fingerprint density at radius 1 is 1.50 bits per heavy atom. The van der Waals surface area contributed by atoms with Crippen LogP contribution < -0.4 is 5.01 Å². The maximum atomic E-state index is 10.8. The van der Waals surface area contributed by atoms with Gasteiger partial charge in [0.15, 0.2) is 5.03 Å². The van der Waals surface area contributed by atoms with E-state index < -0.39 is 5.03 Å². The van der Waals surface area contributed by atoms with Gasteiger partial charge in [-0.25, -0.2) is 10.1 Å². The summed E-state index contributed by atoms with van der Waals surface area (Å²) in [5.74, 6) is 0. The molecular weight excluding hydrogens is 208 g/mol.